The summed E-state index contributed by atoms with van der Waals surface area (Å²) in [5.41, 5.74) is 0.673. The number of hydrogen-bond acceptors (Lipinski definition) is 0. The van der Waals surface area contributed by atoms with E-state index < -0.39 is 0 Å². The van der Waals surface area contributed by atoms with Crippen LogP contribution in [0.4, 0.5) is 0 Å². The van der Waals surface area contributed by atoms with Gasteiger partial charge in [0.2, 0.25) is 0 Å². The van der Waals surface area contributed by atoms with Crippen molar-refractivity contribution >= 4 is 0 Å². The monoisotopic (exact) mass is 154 g/mol. The molecule has 0 spiro atoms. The fourth-order valence-electron chi connectivity index (χ4n) is 2.26. The van der Waals surface area contributed by atoms with Crippen LogP contribution in [0.2, 0.25) is 0 Å². The van der Waals surface area contributed by atoms with Crippen LogP contribution in [0.15, 0.2) is 0 Å². The van der Waals surface area contributed by atoms with Gasteiger partial charge in [-0.15, -0.1) is 0 Å². The van der Waals surface area contributed by atoms with Gasteiger partial charge in [-0.3, -0.25) is 0 Å². The first-order valence-corrected chi connectivity index (χ1v) is 5.07. The van der Waals surface area contributed by atoms with E-state index in [-0.39, 0.29) is 0 Å². The van der Waals surface area contributed by atoms with Crippen molar-refractivity contribution in [2.24, 2.45) is 17.3 Å². The van der Waals surface area contributed by atoms with Crippen molar-refractivity contribution in [1.29, 1.82) is 0 Å². The smallest absolute Gasteiger partial charge is 0.0326 e. The van der Waals surface area contributed by atoms with E-state index in [1.165, 1.54) is 25.7 Å². The van der Waals surface area contributed by atoms with Gasteiger partial charge >= 0.3 is 0 Å². The lowest BCUT2D eigenvalue weighted by Gasteiger charge is -2.39. The zero-order valence-electron chi connectivity index (χ0n) is 8.48. The first kappa shape index (κ1) is 9.09. The molecule has 0 saturated heterocycles. The summed E-state index contributed by atoms with van der Waals surface area (Å²) in [6, 6.07) is 0. The molecule has 0 nitrogen and oxygen atoms in total. The summed E-state index contributed by atoms with van der Waals surface area (Å²) in [6.07, 6.45) is 5.72. The Bertz CT molecular complexity index is 128. The maximum Gasteiger partial charge on any atom is -0.0326 e. The fourth-order valence-corrected chi connectivity index (χ4v) is 2.26. The Morgan fingerprint density at radius 1 is 1.27 bits per heavy atom. The lowest BCUT2D eigenvalue weighted by atomic mass is 9.66. The quantitative estimate of drug-likeness (QED) is 0.538. The van der Waals surface area contributed by atoms with Gasteiger partial charge in [-0.25, -0.2) is 0 Å². The van der Waals surface area contributed by atoms with E-state index in [1.807, 2.05) is 0 Å². The van der Waals surface area contributed by atoms with Crippen molar-refractivity contribution in [3.8, 4) is 0 Å². The Labute approximate surface area is 71.4 Å². The molecular weight excluding hydrogens is 132 g/mol. The van der Waals surface area contributed by atoms with Crippen LogP contribution in [-0.2, 0) is 0 Å². The molecule has 1 rings (SSSR count). The van der Waals surface area contributed by atoms with Crippen molar-refractivity contribution in [3.63, 3.8) is 0 Å². The van der Waals surface area contributed by atoms with Crippen molar-refractivity contribution in [2.45, 2.75) is 53.4 Å². The van der Waals surface area contributed by atoms with Crippen LogP contribution < -0.4 is 0 Å². The summed E-state index contributed by atoms with van der Waals surface area (Å²) < 4.78 is 0. The highest BCUT2D eigenvalue weighted by molar-refractivity contribution is 4.83. The minimum absolute atomic E-state index is 0.673. The van der Waals surface area contributed by atoms with E-state index in [1.54, 1.807) is 0 Å². The highest BCUT2D eigenvalue weighted by Gasteiger charge is 2.31. The molecule has 0 heterocycles. The van der Waals surface area contributed by atoms with E-state index >= 15 is 0 Å². The van der Waals surface area contributed by atoms with E-state index in [4.69, 9.17) is 0 Å². The first-order chi connectivity index (χ1) is 5.07. The molecule has 0 aromatic carbocycles. The molecule has 1 aliphatic rings. The van der Waals surface area contributed by atoms with Gasteiger partial charge in [-0.05, 0) is 36.5 Å². The van der Waals surface area contributed by atoms with Gasteiger partial charge in [-0.2, -0.15) is 0 Å². The molecular formula is C11H22. The first-order valence-electron chi connectivity index (χ1n) is 5.07. The summed E-state index contributed by atoms with van der Waals surface area (Å²) in [7, 11) is 0. The average molecular weight is 154 g/mol. The van der Waals surface area contributed by atoms with Crippen LogP contribution in [0.1, 0.15) is 53.4 Å². The van der Waals surface area contributed by atoms with Gasteiger partial charge in [0, 0.05) is 0 Å². The standard InChI is InChI=1S/C11H22/c1-5-11(4)7-6-9(2)10(3)8-11/h9-10H,5-8H2,1-4H3. The van der Waals surface area contributed by atoms with Gasteiger partial charge in [-0.1, -0.05) is 34.1 Å². The molecule has 1 saturated carbocycles. The minimum Gasteiger partial charge on any atom is -0.0649 e. The minimum atomic E-state index is 0.673. The van der Waals surface area contributed by atoms with E-state index in [0.717, 1.165) is 11.8 Å². The Hall–Kier alpha value is 0. The zero-order chi connectivity index (χ0) is 8.48. The summed E-state index contributed by atoms with van der Waals surface area (Å²) in [6.45, 7) is 9.61. The largest absolute Gasteiger partial charge is 0.0649 e. The summed E-state index contributed by atoms with van der Waals surface area (Å²) in [5, 5.41) is 0. The molecule has 11 heavy (non-hydrogen) atoms. The third kappa shape index (κ3) is 1.98. The Morgan fingerprint density at radius 2 is 1.91 bits per heavy atom. The Balaban J connectivity index is 2.51. The van der Waals surface area contributed by atoms with Crippen LogP contribution >= 0.6 is 0 Å². The van der Waals surface area contributed by atoms with Crippen LogP contribution in [0.5, 0.6) is 0 Å². The lowest BCUT2D eigenvalue weighted by Crippen LogP contribution is -2.28. The van der Waals surface area contributed by atoms with Crippen molar-refractivity contribution in [3.05, 3.63) is 0 Å². The molecule has 1 aliphatic carbocycles. The second-order valence-corrected chi connectivity index (χ2v) is 4.86. The van der Waals surface area contributed by atoms with E-state index in [2.05, 4.69) is 27.7 Å². The summed E-state index contributed by atoms with van der Waals surface area (Å²) in [4.78, 5) is 0. The third-order valence-electron chi connectivity index (χ3n) is 3.84. The molecule has 0 amide bonds. The summed E-state index contributed by atoms with van der Waals surface area (Å²) in [5.74, 6) is 1.92. The second-order valence-electron chi connectivity index (χ2n) is 4.86. The molecule has 0 aliphatic heterocycles. The highest BCUT2D eigenvalue weighted by Crippen LogP contribution is 2.43. The van der Waals surface area contributed by atoms with Gasteiger partial charge in [0.1, 0.15) is 0 Å². The molecule has 3 atom stereocenters. The zero-order valence-corrected chi connectivity index (χ0v) is 8.48. The molecule has 3 unspecified atom stereocenters. The topological polar surface area (TPSA) is 0 Å². The number of hydrogen-bond donors (Lipinski definition) is 0. The van der Waals surface area contributed by atoms with Gasteiger partial charge < -0.3 is 0 Å². The maximum absolute atomic E-state index is 2.45. The molecule has 0 bridgehead atoms. The van der Waals surface area contributed by atoms with Crippen LogP contribution in [0.25, 0.3) is 0 Å². The Morgan fingerprint density at radius 3 is 2.36 bits per heavy atom. The third-order valence-corrected chi connectivity index (χ3v) is 3.84. The Kier molecular flexibility index (Phi) is 2.61. The van der Waals surface area contributed by atoms with E-state index in [0.29, 0.717) is 5.41 Å². The SMILES string of the molecule is CCC1(C)CCC(C)C(C)C1. The van der Waals surface area contributed by atoms with Gasteiger partial charge in [0.25, 0.3) is 0 Å². The van der Waals surface area contributed by atoms with Gasteiger partial charge in [0.15, 0.2) is 0 Å². The van der Waals surface area contributed by atoms with Crippen molar-refractivity contribution in [2.75, 3.05) is 0 Å². The van der Waals surface area contributed by atoms with Crippen molar-refractivity contribution in [1.82, 2.24) is 0 Å². The van der Waals surface area contributed by atoms with Crippen LogP contribution in [-0.4, -0.2) is 0 Å². The fraction of sp³-hybridized carbons (Fsp3) is 1.00. The van der Waals surface area contributed by atoms with Crippen LogP contribution in [0.3, 0.4) is 0 Å². The van der Waals surface area contributed by atoms with Crippen molar-refractivity contribution < 1.29 is 0 Å². The number of rotatable bonds is 1. The summed E-state index contributed by atoms with van der Waals surface area (Å²) >= 11 is 0. The second kappa shape index (κ2) is 3.16. The normalized spacial score (nSPS) is 45.8. The molecule has 1 fully saturated rings. The molecule has 0 heteroatoms. The average Bonchev–Trinajstić information content (AvgIpc) is 1.98. The maximum atomic E-state index is 2.45. The predicted octanol–water partition coefficient (Wildman–Crippen LogP) is 3.86. The molecule has 0 aromatic rings. The molecule has 66 valence electrons. The highest BCUT2D eigenvalue weighted by atomic mass is 14.4. The molecule has 0 aromatic heterocycles. The molecule has 0 N–H and O–H groups in total. The lowest BCUT2D eigenvalue weighted by molar-refractivity contribution is 0.117. The molecule has 0 radical (unpaired) electrons. The predicted molar refractivity (Wildman–Crippen MR) is 50.6 cm³/mol. The van der Waals surface area contributed by atoms with Crippen LogP contribution in [0, 0.1) is 17.3 Å². The van der Waals surface area contributed by atoms with E-state index in [9.17, 15) is 0 Å². The van der Waals surface area contributed by atoms with Gasteiger partial charge in [0.05, 0.1) is 0 Å².